The van der Waals surface area contributed by atoms with Gasteiger partial charge in [0, 0.05) is 19.3 Å². The number of aromatic nitrogens is 2. The largest absolute Gasteiger partial charge is 0.381 e. The van der Waals surface area contributed by atoms with E-state index in [0.29, 0.717) is 0 Å². The van der Waals surface area contributed by atoms with E-state index in [4.69, 9.17) is 9.88 Å². The lowest BCUT2D eigenvalue weighted by Crippen LogP contribution is -2.23. The van der Waals surface area contributed by atoms with Gasteiger partial charge >= 0.3 is 0 Å². The molecule has 0 radical (unpaired) electrons. The summed E-state index contributed by atoms with van der Waals surface area (Å²) in [6.07, 6.45) is 7.31. The maximum Gasteiger partial charge on any atom is 0.257 e. The summed E-state index contributed by atoms with van der Waals surface area (Å²) in [5.74, 6) is 0. The zero-order valence-corrected chi connectivity index (χ0v) is 10.6. The van der Waals surface area contributed by atoms with E-state index < -0.39 is 10.0 Å². The molecule has 2 N–H and O–H groups in total. The molecule has 0 saturated heterocycles. The van der Waals surface area contributed by atoms with E-state index in [0.717, 1.165) is 25.7 Å². The van der Waals surface area contributed by atoms with Gasteiger partial charge in [-0.2, -0.15) is 0 Å². The first-order chi connectivity index (χ1) is 8.00. The van der Waals surface area contributed by atoms with Crippen LogP contribution in [0.2, 0.25) is 0 Å². The Labute approximate surface area is 101 Å². The van der Waals surface area contributed by atoms with Crippen LogP contribution in [0.1, 0.15) is 31.7 Å². The van der Waals surface area contributed by atoms with Gasteiger partial charge in [-0.05, 0) is 25.7 Å². The maximum absolute atomic E-state index is 11.1. The highest BCUT2D eigenvalue weighted by Crippen LogP contribution is 2.30. The van der Waals surface area contributed by atoms with Gasteiger partial charge in [0.25, 0.3) is 10.0 Å². The second-order valence-corrected chi connectivity index (χ2v) is 5.89. The van der Waals surface area contributed by atoms with Gasteiger partial charge in [0.2, 0.25) is 0 Å². The molecule has 6 nitrogen and oxygen atoms in total. The zero-order chi connectivity index (χ0) is 12.5. The van der Waals surface area contributed by atoms with Gasteiger partial charge in [0.1, 0.15) is 0 Å². The van der Waals surface area contributed by atoms with Crippen molar-refractivity contribution < 1.29 is 13.2 Å². The number of imidazole rings is 1. The van der Waals surface area contributed by atoms with E-state index in [1.807, 2.05) is 4.57 Å². The van der Waals surface area contributed by atoms with Crippen molar-refractivity contribution in [1.82, 2.24) is 9.55 Å². The fourth-order valence-corrected chi connectivity index (χ4v) is 2.73. The summed E-state index contributed by atoms with van der Waals surface area (Å²) in [5, 5.41) is 4.95. The SMILES string of the molecule is COC1CCCC(n2cnc(S(N)(=O)=O)c2)C1. The lowest BCUT2D eigenvalue weighted by molar-refractivity contribution is 0.0530. The van der Waals surface area contributed by atoms with Crippen LogP contribution in [0.4, 0.5) is 0 Å². The standard InChI is InChI=1S/C10H17N3O3S/c1-16-9-4-2-3-8(5-9)13-6-10(12-7-13)17(11,14)15/h6-9H,2-5H2,1H3,(H2,11,14,15). The number of hydrogen-bond acceptors (Lipinski definition) is 4. The van der Waals surface area contributed by atoms with Gasteiger partial charge in [0.15, 0.2) is 5.03 Å². The number of sulfonamides is 1. The average molecular weight is 259 g/mol. The summed E-state index contributed by atoms with van der Waals surface area (Å²) < 4.78 is 29.4. The van der Waals surface area contributed by atoms with E-state index in [1.165, 1.54) is 12.5 Å². The van der Waals surface area contributed by atoms with Crippen molar-refractivity contribution in [3.8, 4) is 0 Å². The van der Waals surface area contributed by atoms with Crippen LogP contribution < -0.4 is 5.14 Å². The summed E-state index contributed by atoms with van der Waals surface area (Å²) in [6, 6.07) is 0.247. The molecule has 1 heterocycles. The molecule has 0 aromatic carbocycles. The molecular formula is C10H17N3O3S. The molecule has 2 unspecified atom stereocenters. The van der Waals surface area contributed by atoms with Crippen molar-refractivity contribution >= 4 is 10.0 Å². The Morgan fingerprint density at radius 1 is 1.53 bits per heavy atom. The highest BCUT2D eigenvalue weighted by atomic mass is 32.2. The zero-order valence-electron chi connectivity index (χ0n) is 9.74. The predicted octanol–water partition coefficient (Wildman–Crippen LogP) is 0.661. The van der Waals surface area contributed by atoms with Crippen LogP contribution in [0.25, 0.3) is 0 Å². The molecule has 17 heavy (non-hydrogen) atoms. The van der Waals surface area contributed by atoms with E-state index >= 15 is 0 Å². The molecule has 0 bridgehead atoms. The topological polar surface area (TPSA) is 87.2 Å². The first-order valence-corrected chi connectivity index (χ1v) is 7.14. The minimum absolute atomic E-state index is 0.0722. The van der Waals surface area contributed by atoms with Crippen LogP contribution in [0.5, 0.6) is 0 Å². The van der Waals surface area contributed by atoms with Crippen molar-refractivity contribution in [3.05, 3.63) is 12.5 Å². The van der Waals surface area contributed by atoms with E-state index in [1.54, 1.807) is 7.11 Å². The lowest BCUT2D eigenvalue weighted by atomic mass is 9.93. The third-order valence-electron chi connectivity index (χ3n) is 3.22. The van der Waals surface area contributed by atoms with Gasteiger partial charge in [-0.3, -0.25) is 0 Å². The normalized spacial score (nSPS) is 26.0. The number of primary sulfonamides is 1. The van der Waals surface area contributed by atoms with Gasteiger partial charge in [-0.1, -0.05) is 0 Å². The molecule has 1 aromatic heterocycles. The molecule has 1 saturated carbocycles. The van der Waals surface area contributed by atoms with Crippen molar-refractivity contribution in [2.45, 2.75) is 42.9 Å². The number of nitrogens with two attached hydrogens (primary N) is 1. The summed E-state index contributed by atoms with van der Waals surface area (Å²) >= 11 is 0. The highest BCUT2D eigenvalue weighted by Gasteiger charge is 2.24. The Morgan fingerprint density at radius 3 is 2.88 bits per heavy atom. The molecule has 1 aliphatic rings. The molecule has 7 heteroatoms. The molecule has 2 rings (SSSR count). The second kappa shape index (κ2) is 4.75. The number of hydrogen-bond donors (Lipinski definition) is 1. The smallest absolute Gasteiger partial charge is 0.257 e. The first-order valence-electron chi connectivity index (χ1n) is 5.60. The van der Waals surface area contributed by atoms with Crippen molar-refractivity contribution in [1.29, 1.82) is 0 Å². The van der Waals surface area contributed by atoms with Crippen LogP contribution in [0.3, 0.4) is 0 Å². The Bertz CT molecular complexity index is 483. The van der Waals surface area contributed by atoms with E-state index in [2.05, 4.69) is 4.98 Å². The number of rotatable bonds is 3. The lowest BCUT2D eigenvalue weighted by Gasteiger charge is -2.28. The van der Waals surface area contributed by atoms with Crippen LogP contribution in [-0.2, 0) is 14.8 Å². The average Bonchev–Trinajstić information content (AvgIpc) is 2.78. The molecule has 1 aliphatic carbocycles. The fraction of sp³-hybridized carbons (Fsp3) is 0.700. The van der Waals surface area contributed by atoms with Crippen LogP contribution in [0, 0.1) is 0 Å². The molecule has 0 amide bonds. The van der Waals surface area contributed by atoms with E-state index in [-0.39, 0.29) is 17.2 Å². The number of ether oxygens (including phenoxy) is 1. The van der Waals surface area contributed by atoms with Gasteiger partial charge in [-0.25, -0.2) is 18.5 Å². The maximum atomic E-state index is 11.1. The summed E-state index contributed by atoms with van der Waals surface area (Å²) in [4.78, 5) is 3.82. The highest BCUT2D eigenvalue weighted by molar-refractivity contribution is 7.89. The summed E-state index contributed by atoms with van der Waals surface area (Å²) in [5.41, 5.74) is 0. The molecule has 2 atom stereocenters. The third kappa shape index (κ3) is 2.85. The molecule has 0 spiro atoms. The minimum atomic E-state index is -3.70. The Kier molecular flexibility index (Phi) is 3.50. The summed E-state index contributed by atoms with van der Waals surface area (Å²) in [7, 11) is -2.00. The number of nitrogens with zero attached hydrogens (tertiary/aromatic N) is 2. The van der Waals surface area contributed by atoms with Crippen LogP contribution in [0.15, 0.2) is 17.6 Å². The van der Waals surface area contributed by atoms with Crippen LogP contribution >= 0.6 is 0 Å². The predicted molar refractivity (Wildman–Crippen MR) is 61.9 cm³/mol. The molecule has 0 aliphatic heterocycles. The first kappa shape index (κ1) is 12.5. The second-order valence-electron chi connectivity index (χ2n) is 4.38. The van der Waals surface area contributed by atoms with Crippen LogP contribution in [-0.4, -0.2) is 31.2 Å². The monoisotopic (exact) mass is 259 g/mol. The van der Waals surface area contributed by atoms with Crippen molar-refractivity contribution in [2.24, 2.45) is 5.14 Å². The van der Waals surface area contributed by atoms with Gasteiger partial charge < -0.3 is 9.30 Å². The third-order valence-corrected chi connectivity index (χ3v) is 4.02. The van der Waals surface area contributed by atoms with Crippen molar-refractivity contribution in [2.75, 3.05) is 7.11 Å². The Balaban J connectivity index is 2.15. The molecule has 1 aromatic rings. The van der Waals surface area contributed by atoms with Gasteiger partial charge in [0.05, 0.1) is 12.4 Å². The minimum Gasteiger partial charge on any atom is -0.381 e. The van der Waals surface area contributed by atoms with Gasteiger partial charge in [-0.15, -0.1) is 0 Å². The number of methoxy groups -OCH3 is 1. The molecule has 96 valence electrons. The van der Waals surface area contributed by atoms with E-state index in [9.17, 15) is 8.42 Å². The molecular weight excluding hydrogens is 242 g/mol. The fourth-order valence-electron chi connectivity index (χ4n) is 2.27. The summed E-state index contributed by atoms with van der Waals surface area (Å²) in [6.45, 7) is 0. The Hall–Kier alpha value is -0.920. The van der Waals surface area contributed by atoms with Crippen molar-refractivity contribution in [3.63, 3.8) is 0 Å². The molecule has 1 fully saturated rings. The Morgan fingerprint density at radius 2 is 2.29 bits per heavy atom. The quantitative estimate of drug-likeness (QED) is 0.863.